The van der Waals surface area contributed by atoms with Gasteiger partial charge in [0.25, 0.3) is 0 Å². The first-order valence-corrected chi connectivity index (χ1v) is 6.49. The van der Waals surface area contributed by atoms with Gasteiger partial charge in [-0.2, -0.15) is 0 Å². The second kappa shape index (κ2) is 5.19. The van der Waals surface area contributed by atoms with E-state index >= 15 is 0 Å². The lowest BCUT2D eigenvalue weighted by Gasteiger charge is -2.22. The number of aryl methyl sites for hydroxylation is 2. The van der Waals surface area contributed by atoms with Crippen molar-refractivity contribution in [2.45, 2.75) is 26.7 Å². The molecule has 1 heterocycles. The fraction of sp³-hybridized carbons (Fsp3) is 0.500. The molecule has 1 aromatic carbocycles. The summed E-state index contributed by atoms with van der Waals surface area (Å²) in [6.07, 6.45) is 1.89. The van der Waals surface area contributed by atoms with Gasteiger partial charge in [0, 0.05) is 16.5 Å². The van der Waals surface area contributed by atoms with Crippen LogP contribution in [0.25, 0.3) is 0 Å². The predicted octanol–water partition coefficient (Wildman–Crippen LogP) is 3.14. The Bertz CT molecular complexity index is 436. The van der Waals surface area contributed by atoms with Crippen LogP contribution in [0.1, 0.15) is 34.3 Å². The molecule has 3 heteroatoms. The third kappa shape index (κ3) is 2.70. The van der Waals surface area contributed by atoms with Crippen molar-refractivity contribution in [2.24, 2.45) is 5.92 Å². The summed E-state index contributed by atoms with van der Waals surface area (Å²) in [5, 5.41) is 4.02. The van der Waals surface area contributed by atoms with Crippen LogP contribution in [0.2, 0.25) is 5.02 Å². The Morgan fingerprint density at radius 3 is 2.53 bits per heavy atom. The summed E-state index contributed by atoms with van der Waals surface area (Å²) in [5.74, 6) is 0.458. The average Bonchev–Trinajstić information content (AvgIpc) is 2.34. The largest absolute Gasteiger partial charge is 0.317 e. The normalized spacial score (nSPS) is 17.1. The Kier molecular flexibility index (Phi) is 3.85. The molecule has 1 aliphatic heterocycles. The molecular weight excluding hydrogens is 234 g/mol. The first-order chi connectivity index (χ1) is 8.09. The molecule has 1 aromatic rings. The minimum Gasteiger partial charge on any atom is -0.317 e. The van der Waals surface area contributed by atoms with Crippen molar-refractivity contribution in [2.75, 3.05) is 13.1 Å². The molecule has 1 N–H and O–H groups in total. The molecule has 1 fully saturated rings. The van der Waals surface area contributed by atoms with Crippen LogP contribution in [0.3, 0.4) is 0 Å². The number of hydrogen-bond acceptors (Lipinski definition) is 2. The highest BCUT2D eigenvalue weighted by atomic mass is 35.5. The van der Waals surface area contributed by atoms with Gasteiger partial charge in [-0.15, -0.1) is 0 Å². The lowest BCUT2D eigenvalue weighted by molar-refractivity contribution is 0.0894. The number of benzene rings is 1. The van der Waals surface area contributed by atoms with Gasteiger partial charge in [-0.1, -0.05) is 11.6 Å². The molecule has 0 spiro atoms. The van der Waals surface area contributed by atoms with Gasteiger partial charge in [-0.25, -0.2) is 0 Å². The zero-order chi connectivity index (χ0) is 12.4. The summed E-state index contributed by atoms with van der Waals surface area (Å²) in [4.78, 5) is 12.4. The summed E-state index contributed by atoms with van der Waals surface area (Å²) in [6.45, 7) is 5.80. The Balaban J connectivity index is 2.26. The number of carbonyl (C=O) groups excluding carboxylic acids is 1. The Morgan fingerprint density at radius 1 is 1.24 bits per heavy atom. The number of hydrogen-bond donors (Lipinski definition) is 1. The van der Waals surface area contributed by atoms with Gasteiger partial charge >= 0.3 is 0 Å². The Morgan fingerprint density at radius 2 is 1.88 bits per heavy atom. The van der Waals surface area contributed by atoms with Crippen LogP contribution in [0, 0.1) is 19.8 Å². The summed E-state index contributed by atoms with van der Waals surface area (Å²) in [7, 11) is 0. The molecular formula is C14H18ClNO. The SMILES string of the molecule is Cc1cc(C(=O)C2CCNCC2)c(C)cc1Cl. The molecule has 0 amide bonds. The van der Waals surface area contributed by atoms with Crippen LogP contribution in [0.15, 0.2) is 12.1 Å². The van der Waals surface area contributed by atoms with Crippen LogP contribution < -0.4 is 5.32 Å². The monoisotopic (exact) mass is 251 g/mol. The van der Waals surface area contributed by atoms with Crippen LogP contribution >= 0.6 is 11.6 Å². The van der Waals surface area contributed by atoms with E-state index in [9.17, 15) is 4.79 Å². The molecule has 0 atom stereocenters. The fourth-order valence-corrected chi connectivity index (χ4v) is 2.57. The molecule has 92 valence electrons. The van der Waals surface area contributed by atoms with E-state index in [0.717, 1.165) is 47.6 Å². The molecule has 0 aromatic heterocycles. The van der Waals surface area contributed by atoms with E-state index in [0.29, 0.717) is 0 Å². The van der Waals surface area contributed by atoms with Gasteiger partial charge in [0.15, 0.2) is 5.78 Å². The second-order valence-electron chi connectivity index (χ2n) is 4.80. The van der Waals surface area contributed by atoms with Gasteiger partial charge in [-0.05, 0) is 63.0 Å². The lowest BCUT2D eigenvalue weighted by Crippen LogP contribution is -2.32. The van der Waals surface area contributed by atoms with Gasteiger partial charge in [0.05, 0.1) is 0 Å². The minimum absolute atomic E-state index is 0.176. The van der Waals surface area contributed by atoms with Crippen LogP contribution in [-0.2, 0) is 0 Å². The molecule has 0 unspecified atom stereocenters. The van der Waals surface area contributed by atoms with Crippen LogP contribution in [0.4, 0.5) is 0 Å². The topological polar surface area (TPSA) is 29.1 Å². The first kappa shape index (κ1) is 12.6. The highest BCUT2D eigenvalue weighted by Crippen LogP contribution is 2.25. The molecule has 0 radical (unpaired) electrons. The van der Waals surface area contributed by atoms with Crippen molar-refractivity contribution in [3.8, 4) is 0 Å². The van der Waals surface area contributed by atoms with Crippen molar-refractivity contribution >= 4 is 17.4 Å². The maximum atomic E-state index is 12.4. The summed E-state index contributed by atoms with van der Waals surface area (Å²) < 4.78 is 0. The quantitative estimate of drug-likeness (QED) is 0.819. The second-order valence-corrected chi connectivity index (χ2v) is 5.21. The maximum Gasteiger partial charge on any atom is 0.166 e. The number of ketones is 1. The van der Waals surface area contributed by atoms with Crippen LogP contribution in [-0.4, -0.2) is 18.9 Å². The van der Waals surface area contributed by atoms with Crippen molar-refractivity contribution in [3.05, 3.63) is 33.8 Å². The first-order valence-electron chi connectivity index (χ1n) is 6.11. The fourth-order valence-electron chi connectivity index (χ4n) is 2.35. The van der Waals surface area contributed by atoms with Gasteiger partial charge in [0.2, 0.25) is 0 Å². The molecule has 2 nitrogen and oxygen atoms in total. The molecule has 0 bridgehead atoms. The van der Waals surface area contributed by atoms with Gasteiger partial charge in [-0.3, -0.25) is 4.79 Å². The number of halogens is 1. The van der Waals surface area contributed by atoms with E-state index in [2.05, 4.69) is 5.32 Å². The maximum absolute atomic E-state index is 12.4. The van der Waals surface area contributed by atoms with Crippen molar-refractivity contribution < 1.29 is 4.79 Å². The molecule has 2 rings (SSSR count). The minimum atomic E-state index is 0.176. The van der Waals surface area contributed by atoms with Crippen molar-refractivity contribution in [1.29, 1.82) is 0 Å². The van der Waals surface area contributed by atoms with E-state index in [1.165, 1.54) is 0 Å². The number of nitrogens with one attached hydrogen (secondary N) is 1. The van der Waals surface area contributed by atoms with Crippen LogP contribution in [0.5, 0.6) is 0 Å². The van der Waals surface area contributed by atoms with E-state index in [-0.39, 0.29) is 11.7 Å². The molecule has 1 aliphatic rings. The molecule has 17 heavy (non-hydrogen) atoms. The van der Waals surface area contributed by atoms with E-state index < -0.39 is 0 Å². The summed E-state index contributed by atoms with van der Waals surface area (Å²) >= 11 is 6.06. The van der Waals surface area contributed by atoms with E-state index in [1.54, 1.807) is 0 Å². The lowest BCUT2D eigenvalue weighted by atomic mass is 9.87. The van der Waals surface area contributed by atoms with E-state index in [1.807, 2.05) is 26.0 Å². The number of carbonyl (C=O) groups is 1. The van der Waals surface area contributed by atoms with Crippen molar-refractivity contribution in [3.63, 3.8) is 0 Å². The smallest absolute Gasteiger partial charge is 0.166 e. The zero-order valence-electron chi connectivity index (χ0n) is 10.3. The molecule has 1 saturated heterocycles. The van der Waals surface area contributed by atoms with Gasteiger partial charge in [0.1, 0.15) is 0 Å². The Labute approximate surface area is 107 Å². The number of piperidine rings is 1. The predicted molar refractivity (Wildman–Crippen MR) is 70.9 cm³/mol. The van der Waals surface area contributed by atoms with E-state index in [4.69, 9.17) is 11.6 Å². The zero-order valence-corrected chi connectivity index (χ0v) is 11.1. The van der Waals surface area contributed by atoms with Crippen molar-refractivity contribution in [1.82, 2.24) is 5.32 Å². The Hall–Kier alpha value is -0.860. The highest BCUT2D eigenvalue weighted by Gasteiger charge is 2.23. The molecule has 0 saturated carbocycles. The number of Topliss-reactive ketones (excluding diaryl/α,β-unsaturated/α-hetero) is 1. The average molecular weight is 252 g/mol. The standard InChI is InChI=1S/C14H18ClNO/c1-9-8-13(15)10(2)7-12(9)14(17)11-3-5-16-6-4-11/h7-8,11,16H,3-6H2,1-2H3. The number of rotatable bonds is 2. The third-order valence-corrected chi connectivity index (χ3v) is 3.89. The summed E-state index contributed by atoms with van der Waals surface area (Å²) in [5.41, 5.74) is 2.82. The van der Waals surface area contributed by atoms with Gasteiger partial charge < -0.3 is 5.32 Å². The summed E-state index contributed by atoms with van der Waals surface area (Å²) in [6, 6.07) is 3.83. The highest BCUT2D eigenvalue weighted by molar-refractivity contribution is 6.31. The third-order valence-electron chi connectivity index (χ3n) is 3.48. The molecule has 0 aliphatic carbocycles.